The molecule has 0 spiro atoms. The van der Waals surface area contributed by atoms with Gasteiger partial charge in [-0.2, -0.15) is 0 Å². The molecule has 1 N–H and O–H groups in total. The lowest BCUT2D eigenvalue weighted by molar-refractivity contribution is 1.09. The minimum Gasteiger partial charge on any atom is -0.373 e. The van der Waals surface area contributed by atoms with Crippen LogP contribution in [-0.2, 0) is 6.42 Å². The van der Waals surface area contributed by atoms with Gasteiger partial charge in [0.15, 0.2) is 0 Å². The van der Waals surface area contributed by atoms with Gasteiger partial charge in [-0.25, -0.2) is 4.98 Å². The first-order chi connectivity index (χ1) is 8.69. The molecule has 1 aromatic carbocycles. The van der Waals surface area contributed by atoms with Gasteiger partial charge in [-0.3, -0.25) is 0 Å². The molecule has 18 heavy (non-hydrogen) atoms. The van der Waals surface area contributed by atoms with Crippen LogP contribution in [0.3, 0.4) is 0 Å². The van der Waals surface area contributed by atoms with Gasteiger partial charge in [0.2, 0.25) is 0 Å². The average molecular weight is 244 g/mol. The zero-order valence-corrected chi connectivity index (χ0v) is 12.4. The summed E-state index contributed by atoms with van der Waals surface area (Å²) in [6.07, 6.45) is 2.96. The van der Waals surface area contributed by atoms with Gasteiger partial charge in [0.25, 0.3) is 0 Å². The summed E-state index contributed by atoms with van der Waals surface area (Å²) in [6.45, 7) is 10.6. The third kappa shape index (κ3) is 2.47. The van der Waals surface area contributed by atoms with E-state index >= 15 is 0 Å². The fraction of sp³-hybridized carbons (Fsp3) is 0.438. The highest BCUT2D eigenvalue weighted by molar-refractivity contribution is 5.95. The van der Waals surface area contributed by atoms with E-state index in [-0.39, 0.29) is 0 Å². The van der Waals surface area contributed by atoms with Crippen LogP contribution in [0.4, 0.5) is 5.82 Å². The van der Waals surface area contributed by atoms with Gasteiger partial charge in [0.05, 0.1) is 0 Å². The topological polar surface area (TPSA) is 24.9 Å². The van der Waals surface area contributed by atoms with Gasteiger partial charge in [-0.15, -0.1) is 0 Å². The molecule has 0 bridgehead atoms. The van der Waals surface area contributed by atoms with Crippen LogP contribution >= 0.6 is 0 Å². The highest BCUT2D eigenvalue weighted by atomic mass is 14.9. The number of fused-ring (bicyclic) bond motifs is 1. The van der Waals surface area contributed by atoms with E-state index in [1.54, 1.807) is 0 Å². The Balaban J connectivity index is 0.000000771. The van der Waals surface area contributed by atoms with Gasteiger partial charge in [-0.05, 0) is 54.5 Å². The van der Waals surface area contributed by atoms with Gasteiger partial charge in [0.1, 0.15) is 5.82 Å². The van der Waals surface area contributed by atoms with Crippen LogP contribution in [0, 0.1) is 13.8 Å². The quantitative estimate of drug-likeness (QED) is 0.842. The molecule has 1 heterocycles. The number of nitrogens with one attached hydrogen (secondary N) is 1. The summed E-state index contributed by atoms with van der Waals surface area (Å²) in [5.74, 6) is 0.964. The SMILES string of the molecule is CC.CCc1c(C)cc2c(NC)nccc2c1C. The summed E-state index contributed by atoms with van der Waals surface area (Å²) in [4.78, 5) is 4.35. The van der Waals surface area contributed by atoms with Crippen molar-refractivity contribution in [3.8, 4) is 0 Å². The van der Waals surface area contributed by atoms with E-state index in [4.69, 9.17) is 0 Å². The Morgan fingerprint density at radius 2 is 1.83 bits per heavy atom. The van der Waals surface area contributed by atoms with Crippen molar-refractivity contribution in [1.29, 1.82) is 0 Å². The van der Waals surface area contributed by atoms with E-state index < -0.39 is 0 Å². The highest BCUT2D eigenvalue weighted by Crippen LogP contribution is 2.28. The van der Waals surface area contributed by atoms with Crippen molar-refractivity contribution in [2.24, 2.45) is 0 Å². The zero-order chi connectivity index (χ0) is 13.7. The summed E-state index contributed by atoms with van der Waals surface area (Å²) in [6, 6.07) is 4.34. The molecule has 0 amide bonds. The van der Waals surface area contributed by atoms with Crippen LogP contribution < -0.4 is 5.32 Å². The lowest BCUT2D eigenvalue weighted by Gasteiger charge is -2.13. The molecule has 0 aliphatic rings. The second-order valence-electron chi connectivity index (χ2n) is 4.16. The molecule has 0 radical (unpaired) electrons. The van der Waals surface area contributed by atoms with Crippen molar-refractivity contribution in [1.82, 2.24) is 4.98 Å². The summed E-state index contributed by atoms with van der Waals surface area (Å²) in [7, 11) is 1.92. The van der Waals surface area contributed by atoms with E-state index in [0.29, 0.717) is 0 Å². The number of pyridine rings is 1. The first kappa shape index (κ1) is 14.5. The maximum Gasteiger partial charge on any atom is 0.133 e. The van der Waals surface area contributed by atoms with Crippen LogP contribution in [0.5, 0.6) is 0 Å². The Hall–Kier alpha value is -1.57. The predicted molar refractivity (Wildman–Crippen MR) is 81.5 cm³/mol. The largest absolute Gasteiger partial charge is 0.373 e. The summed E-state index contributed by atoms with van der Waals surface area (Å²) in [5, 5.41) is 5.68. The molecule has 0 aliphatic carbocycles. The van der Waals surface area contributed by atoms with Gasteiger partial charge >= 0.3 is 0 Å². The molecule has 0 fully saturated rings. The number of nitrogens with zero attached hydrogens (tertiary/aromatic N) is 1. The molecule has 0 aliphatic heterocycles. The first-order valence-electron chi connectivity index (χ1n) is 6.74. The third-order valence-electron chi connectivity index (χ3n) is 3.27. The number of benzene rings is 1. The molecular formula is C16H24N2. The normalized spacial score (nSPS) is 9.89. The van der Waals surface area contributed by atoms with Crippen LogP contribution in [0.25, 0.3) is 10.8 Å². The molecule has 0 atom stereocenters. The van der Waals surface area contributed by atoms with E-state index in [2.05, 4.69) is 43.2 Å². The summed E-state index contributed by atoms with van der Waals surface area (Å²) >= 11 is 0. The molecular weight excluding hydrogens is 220 g/mol. The number of anilines is 1. The number of hydrogen-bond donors (Lipinski definition) is 1. The van der Waals surface area contributed by atoms with Crippen molar-refractivity contribution in [3.63, 3.8) is 0 Å². The van der Waals surface area contributed by atoms with Gasteiger partial charge < -0.3 is 5.32 Å². The minimum absolute atomic E-state index is 0.964. The number of aromatic nitrogens is 1. The van der Waals surface area contributed by atoms with Crippen molar-refractivity contribution >= 4 is 16.6 Å². The van der Waals surface area contributed by atoms with Crippen LogP contribution in [0.2, 0.25) is 0 Å². The Labute approximate surface area is 110 Å². The second kappa shape index (κ2) is 6.39. The second-order valence-corrected chi connectivity index (χ2v) is 4.16. The zero-order valence-electron chi connectivity index (χ0n) is 12.4. The Morgan fingerprint density at radius 1 is 1.17 bits per heavy atom. The molecule has 0 unspecified atom stereocenters. The maximum atomic E-state index is 4.35. The van der Waals surface area contributed by atoms with E-state index in [9.17, 15) is 0 Å². The molecule has 2 rings (SSSR count). The van der Waals surface area contributed by atoms with Crippen LogP contribution in [-0.4, -0.2) is 12.0 Å². The standard InChI is InChI=1S/C14H18N2.C2H6/c1-5-11-9(2)8-13-12(10(11)3)6-7-16-14(13)15-4;1-2/h6-8H,5H2,1-4H3,(H,15,16);1-2H3. The average Bonchev–Trinajstić information content (AvgIpc) is 2.41. The number of hydrogen-bond acceptors (Lipinski definition) is 2. The van der Waals surface area contributed by atoms with Crippen molar-refractivity contribution in [2.45, 2.75) is 41.0 Å². The molecule has 2 aromatic rings. The minimum atomic E-state index is 0.964. The first-order valence-corrected chi connectivity index (χ1v) is 6.74. The van der Waals surface area contributed by atoms with Crippen molar-refractivity contribution in [2.75, 3.05) is 12.4 Å². The Morgan fingerprint density at radius 3 is 2.39 bits per heavy atom. The van der Waals surface area contributed by atoms with E-state index in [1.807, 2.05) is 27.1 Å². The van der Waals surface area contributed by atoms with Gasteiger partial charge in [-0.1, -0.05) is 20.8 Å². The summed E-state index contributed by atoms with van der Waals surface area (Å²) < 4.78 is 0. The van der Waals surface area contributed by atoms with Crippen molar-refractivity contribution in [3.05, 3.63) is 35.0 Å². The van der Waals surface area contributed by atoms with E-state index in [0.717, 1.165) is 12.2 Å². The lowest BCUT2D eigenvalue weighted by atomic mass is 9.95. The fourth-order valence-electron chi connectivity index (χ4n) is 2.45. The molecule has 0 saturated heterocycles. The smallest absolute Gasteiger partial charge is 0.133 e. The number of aryl methyl sites for hydroxylation is 2. The molecule has 98 valence electrons. The molecule has 0 saturated carbocycles. The Bertz CT molecular complexity index is 530. The van der Waals surface area contributed by atoms with E-state index in [1.165, 1.54) is 27.5 Å². The molecule has 2 heteroatoms. The lowest BCUT2D eigenvalue weighted by Crippen LogP contribution is -1.98. The maximum absolute atomic E-state index is 4.35. The van der Waals surface area contributed by atoms with Crippen LogP contribution in [0.1, 0.15) is 37.5 Å². The van der Waals surface area contributed by atoms with Crippen molar-refractivity contribution < 1.29 is 0 Å². The fourth-order valence-corrected chi connectivity index (χ4v) is 2.45. The van der Waals surface area contributed by atoms with Gasteiger partial charge in [0, 0.05) is 18.6 Å². The molecule has 2 nitrogen and oxygen atoms in total. The number of rotatable bonds is 2. The highest BCUT2D eigenvalue weighted by Gasteiger charge is 2.08. The third-order valence-corrected chi connectivity index (χ3v) is 3.27. The summed E-state index contributed by atoms with van der Waals surface area (Å²) in [5.41, 5.74) is 4.20. The monoisotopic (exact) mass is 244 g/mol. The predicted octanol–water partition coefficient (Wildman–Crippen LogP) is 4.48. The Kier molecular flexibility index (Phi) is 5.14. The van der Waals surface area contributed by atoms with Crippen LogP contribution in [0.15, 0.2) is 18.3 Å². The molecule has 1 aromatic heterocycles.